The molecule has 0 bridgehead atoms. The van der Waals surface area contributed by atoms with E-state index in [1.54, 1.807) is 25.6 Å². The quantitative estimate of drug-likeness (QED) is 0.704. The van der Waals surface area contributed by atoms with Crippen LogP contribution in [0, 0.1) is 0 Å². The van der Waals surface area contributed by atoms with Crippen LogP contribution in [0.2, 0.25) is 0 Å². The Morgan fingerprint density at radius 2 is 2.12 bits per heavy atom. The molecule has 0 radical (unpaired) electrons. The van der Waals surface area contributed by atoms with Crippen molar-refractivity contribution in [1.29, 1.82) is 0 Å². The van der Waals surface area contributed by atoms with Crippen LogP contribution in [0.1, 0.15) is 28.7 Å². The Morgan fingerprint density at radius 1 is 1.23 bits per heavy atom. The van der Waals surface area contributed by atoms with Gasteiger partial charge < -0.3 is 14.2 Å². The van der Waals surface area contributed by atoms with Gasteiger partial charge in [-0.1, -0.05) is 6.07 Å². The van der Waals surface area contributed by atoms with Gasteiger partial charge >= 0.3 is 0 Å². The van der Waals surface area contributed by atoms with Crippen LogP contribution < -0.4 is 0 Å². The van der Waals surface area contributed by atoms with E-state index in [-0.39, 0.29) is 11.8 Å². The van der Waals surface area contributed by atoms with Crippen LogP contribution in [0.5, 0.6) is 0 Å². The van der Waals surface area contributed by atoms with Crippen LogP contribution >= 0.6 is 0 Å². The van der Waals surface area contributed by atoms with Crippen molar-refractivity contribution in [2.75, 3.05) is 26.8 Å². The van der Waals surface area contributed by atoms with Gasteiger partial charge in [-0.2, -0.15) is 0 Å². The molecule has 1 atom stereocenters. The van der Waals surface area contributed by atoms with E-state index in [1.807, 2.05) is 29.2 Å². The summed E-state index contributed by atoms with van der Waals surface area (Å²) in [4.78, 5) is 28.0. The highest BCUT2D eigenvalue weighted by Gasteiger charge is 2.32. The average Bonchev–Trinajstić information content (AvgIpc) is 3.31. The lowest BCUT2D eigenvalue weighted by molar-refractivity contribution is 0.0784. The van der Waals surface area contributed by atoms with Crippen molar-refractivity contribution in [3.63, 3.8) is 0 Å². The SMILES string of the molecule is COCCn1c([C@@H]2CCN(C(=O)c3ccccn3)C2)nc2cccnc21. The van der Waals surface area contributed by atoms with E-state index in [0.717, 1.165) is 23.4 Å². The van der Waals surface area contributed by atoms with Crippen molar-refractivity contribution in [1.82, 2.24) is 24.4 Å². The molecule has 3 aromatic rings. The van der Waals surface area contributed by atoms with Gasteiger partial charge in [-0.15, -0.1) is 0 Å². The number of amides is 1. The molecular formula is C19H21N5O2. The molecule has 3 aromatic heterocycles. The molecule has 0 N–H and O–H groups in total. The smallest absolute Gasteiger partial charge is 0.272 e. The van der Waals surface area contributed by atoms with E-state index in [9.17, 15) is 4.79 Å². The average molecular weight is 351 g/mol. The number of pyridine rings is 2. The summed E-state index contributed by atoms with van der Waals surface area (Å²) in [7, 11) is 1.69. The maximum Gasteiger partial charge on any atom is 0.272 e. The summed E-state index contributed by atoms with van der Waals surface area (Å²) in [5.74, 6) is 1.14. The number of fused-ring (bicyclic) bond motifs is 1. The number of ether oxygens (including phenoxy) is 1. The van der Waals surface area contributed by atoms with E-state index < -0.39 is 0 Å². The molecule has 0 spiro atoms. The van der Waals surface area contributed by atoms with Gasteiger partial charge in [0.2, 0.25) is 0 Å². The maximum atomic E-state index is 12.7. The Bertz CT molecular complexity index is 909. The molecule has 26 heavy (non-hydrogen) atoms. The first-order chi connectivity index (χ1) is 12.8. The van der Waals surface area contributed by atoms with Crippen molar-refractivity contribution in [2.24, 2.45) is 0 Å². The molecule has 7 heteroatoms. The first kappa shape index (κ1) is 16.7. The lowest BCUT2D eigenvalue weighted by Crippen LogP contribution is -2.29. The lowest BCUT2D eigenvalue weighted by atomic mass is 10.1. The van der Waals surface area contributed by atoms with E-state index in [2.05, 4.69) is 14.5 Å². The number of likely N-dealkylation sites (tertiary alicyclic amines) is 1. The van der Waals surface area contributed by atoms with E-state index in [1.165, 1.54) is 0 Å². The van der Waals surface area contributed by atoms with Gasteiger partial charge in [0.15, 0.2) is 5.65 Å². The Labute approximate surface area is 151 Å². The molecule has 1 saturated heterocycles. The number of imidazole rings is 1. The molecule has 4 heterocycles. The van der Waals surface area contributed by atoms with Crippen LogP contribution in [-0.2, 0) is 11.3 Å². The second-order valence-electron chi connectivity index (χ2n) is 6.41. The van der Waals surface area contributed by atoms with E-state index in [0.29, 0.717) is 31.9 Å². The predicted octanol–water partition coefficient (Wildman–Crippen LogP) is 2.10. The fourth-order valence-corrected chi connectivity index (χ4v) is 3.50. The highest BCUT2D eigenvalue weighted by atomic mass is 16.5. The van der Waals surface area contributed by atoms with Gasteiger partial charge in [-0.3, -0.25) is 9.78 Å². The molecule has 1 aliphatic rings. The Balaban J connectivity index is 1.59. The van der Waals surface area contributed by atoms with Crippen molar-refractivity contribution in [2.45, 2.75) is 18.9 Å². The second kappa shape index (κ2) is 7.21. The monoisotopic (exact) mass is 351 g/mol. The van der Waals surface area contributed by atoms with Crippen LogP contribution in [-0.4, -0.2) is 57.1 Å². The lowest BCUT2D eigenvalue weighted by Gasteiger charge is -2.16. The molecule has 134 valence electrons. The molecule has 7 nitrogen and oxygen atoms in total. The first-order valence-electron chi connectivity index (χ1n) is 8.78. The van der Waals surface area contributed by atoms with E-state index >= 15 is 0 Å². The summed E-state index contributed by atoms with van der Waals surface area (Å²) in [6.45, 7) is 2.65. The highest BCUT2D eigenvalue weighted by Crippen LogP contribution is 2.29. The summed E-state index contributed by atoms with van der Waals surface area (Å²) in [5, 5.41) is 0. The molecule has 0 aromatic carbocycles. The standard InChI is InChI=1S/C19H21N5O2/c1-26-12-11-24-17(22-15-6-4-9-21-18(15)24)14-7-10-23(13-14)19(25)16-5-2-3-8-20-16/h2-6,8-9,14H,7,10-13H2,1H3/t14-/m1/s1. The minimum Gasteiger partial charge on any atom is -0.383 e. The van der Waals surface area contributed by atoms with Crippen molar-refractivity contribution < 1.29 is 9.53 Å². The van der Waals surface area contributed by atoms with Gasteiger partial charge in [0.1, 0.15) is 17.0 Å². The largest absolute Gasteiger partial charge is 0.383 e. The van der Waals surface area contributed by atoms with Gasteiger partial charge in [0, 0.05) is 45.1 Å². The summed E-state index contributed by atoms with van der Waals surface area (Å²) >= 11 is 0. The van der Waals surface area contributed by atoms with Crippen molar-refractivity contribution in [3.05, 3.63) is 54.2 Å². The van der Waals surface area contributed by atoms with Crippen LogP contribution in [0.3, 0.4) is 0 Å². The third kappa shape index (κ3) is 3.06. The highest BCUT2D eigenvalue weighted by molar-refractivity contribution is 5.92. The van der Waals surface area contributed by atoms with Gasteiger partial charge in [0.05, 0.1) is 6.61 Å². The van der Waals surface area contributed by atoms with E-state index in [4.69, 9.17) is 9.72 Å². The minimum absolute atomic E-state index is 0.0224. The number of methoxy groups -OCH3 is 1. The zero-order valence-electron chi connectivity index (χ0n) is 14.7. The normalized spacial score (nSPS) is 17.1. The molecule has 1 fully saturated rings. The Morgan fingerprint density at radius 3 is 2.92 bits per heavy atom. The Hall–Kier alpha value is -2.80. The summed E-state index contributed by atoms with van der Waals surface area (Å²) in [5.41, 5.74) is 2.24. The second-order valence-corrected chi connectivity index (χ2v) is 6.41. The topological polar surface area (TPSA) is 73.1 Å². The van der Waals surface area contributed by atoms with Crippen LogP contribution in [0.15, 0.2) is 42.7 Å². The van der Waals surface area contributed by atoms with Gasteiger partial charge in [-0.05, 0) is 30.7 Å². The molecule has 0 saturated carbocycles. The number of hydrogen-bond acceptors (Lipinski definition) is 5. The van der Waals surface area contributed by atoms with Gasteiger partial charge in [-0.25, -0.2) is 9.97 Å². The summed E-state index contributed by atoms with van der Waals surface area (Å²) in [6.07, 6.45) is 4.31. The number of rotatable bonds is 5. The summed E-state index contributed by atoms with van der Waals surface area (Å²) in [6, 6.07) is 9.28. The van der Waals surface area contributed by atoms with Gasteiger partial charge in [0.25, 0.3) is 5.91 Å². The fourth-order valence-electron chi connectivity index (χ4n) is 3.50. The zero-order valence-corrected chi connectivity index (χ0v) is 14.7. The molecule has 0 aliphatic carbocycles. The number of carbonyl (C=O) groups excluding carboxylic acids is 1. The summed E-state index contributed by atoms with van der Waals surface area (Å²) < 4.78 is 7.37. The third-order valence-corrected chi connectivity index (χ3v) is 4.78. The third-order valence-electron chi connectivity index (χ3n) is 4.78. The van der Waals surface area contributed by atoms with Crippen molar-refractivity contribution >= 4 is 17.1 Å². The molecule has 4 rings (SSSR count). The number of hydrogen-bond donors (Lipinski definition) is 0. The molecule has 0 unspecified atom stereocenters. The number of nitrogens with zero attached hydrogens (tertiary/aromatic N) is 5. The van der Waals surface area contributed by atoms with Crippen molar-refractivity contribution in [3.8, 4) is 0 Å². The molecule has 1 aliphatic heterocycles. The number of carbonyl (C=O) groups is 1. The fraction of sp³-hybridized carbons (Fsp3) is 0.368. The molecule has 1 amide bonds. The van der Waals surface area contributed by atoms with Crippen LogP contribution in [0.25, 0.3) is 11.2 Å². The zero-order chi connectivity index (χ0) is 17.9. The predicted molar refractivity (Wildman–Crippen MR) is 96.9 cm³/mol. The first-order valence-corrected chi connectivity index (χ1v) is 8.78. The van der Waals surface area contributed by atoms with Crippen LogP contribution in [0.4, 0.5) is 0 Å². The number of aromatic nitrogens is 4. The Kier molecular flexibility index (Phi) is 4.62. The molecular weight excluding hydrogens is 330 g/mol. The minimum atomic E-state index is -0.0224. The maximum absolute atomic E-state index is 12.7.